The van der Waals surface area contributed by atoms with E-state index in [1.54, 1.807) is 6.08 Å². The topological polar surface area (TPSA) is 81.8 Å². The van der Waals surface area contributed by atoms with Crippen molar-refractivity contribution in [2.45, 2.75) is 49.6 Å². The number of nitrogens with zero attached hydrogens (tertiary/aromatic N) is 4. The Morgan fingerprint density at radius 2 is 2.10 bits per heavy atom. The number of aromatic nitrogens is 4. The lowest BCUT2D eigenvalue weighted by atomic mass is 10.1. The minimum Gasteiger partial charge on any atom is -0.352 e. The molecule has 156 valence electrons. The van der Waals surface area contributed by atoms with Gasteiger partial charge in [-0.05, 0) is 38.3 Å². The smallest absolute Gasteiger partial charge is 0.284 e. The molecule has 0 radical (unpaired) electrons. The molecule has 3 aliphatic heterocycles. The van der Waals surface area contributed by atoms with Crippen LogP contribution >= 0.6 is 11.8 Å². The van der Waals surface area contributed by atoms with Gasteiger partial charge < -0.3 is 9.88 Å². The zero-order chi connectivity index (χ0) is 21.1. The molecule has 1 N–H and O–H groups in total. The lowest BCUT2D eigenvalue weighted by Gasteiger charge is -2.19. The van der Waals surface area contributed by atoms with Crippen LogP contribution in [0.4, 0.5) is 0 Å². The van der Waals surface area contributed by atoms with Gasteiger partial charge in [0, 0.05) is 18.8 Å². The second-order valence-electron chi connectivity index (χ2n) is 7.35. The Balaban J connectivity index is 1.81. The van der Waals surface area contributed by atoms with Crippen LogP contribution in [-0.2, 0) is 17.8 Å². The number of carbonyl (C=O) groups excluding carboxylic acids is 1. The van der Waals surface area contributed by atoms with Gasteiger partial charge in [-0.3, -0.25) is 9.59 Å². The van der Waals surface area contributed by atoms with Crippen molar-refractivity contribution in [3.63, 3.8) is 0 Å². The summed E-state index contributed by atoms with van der Waals surface area (Å²) in [6.45, 7) is 6.72. The normalized spacial score (nSPS) is 14.7. The average Bonchev–Trinajstić information content (AvgIpc) is 2.92. The Morgan fingerprint density at radius 1 is 1.30 bits per heavy atom. The van der Waals surface area contributed by atoms with Crippen molar-refractivity contribution in [3.05, 3.63) is 59.0 Å². The number of benzene rings is 1. The SMILES string of the molecule is C=CCNC(=O)C(C)Sc1nc2nn(-c3ccccc3)c(=O)c-2c2n1CCCCC2. The number of rotatable bonds is 6. The van der Waals surface area contributed by atoms with E-state index in [1.165, 1.54) is 16.4 Å². The van der Waals surface area contributed by atoms with Crippen LogP contribution in [0.25, 0.3) is 17.1 Å². The van der Waals surface area contributed by atoms with E-state index in [0.29, 0.717) is 17.9 Å². The number of hydrogen-bond donors (Lipinski definition) is 1. The van der Waals surface area contributed by atoms with Crippen LogP contribution in [0.3, 0.4) is 0 Å². The molecule has 1 aromatic carbocycles. The van der Waals surface area contributed by atoms with Crippen molar-refractivity contribution in [3.8, 4) is 17.1 Å². The molecule has 30 heavy (non-hydrogen) atoms. The molecule has 1 amide bonds. The second-order valence-corrected chi connectivity index (χ2v) is 8.66. The molecule has 1 unspecified atom stereocenters. The van der Waals surface area contributed by atoms with E-state index >= 15 is 0 Å². The minimum atomic E-state index is -0.322. The van der Waals surface area contributed by atoms with Gasteiger partial charge in [0.2, 0.25) is 5.91 Å². The second kappa shape index (κ2) is 8.87. The molecule has 0 spiro atoms. The highest BCUT2D eigenvalue weighted by Crippen LogP contribution is 2.32. The van der Waals surface area contributed by atoms with E-state index in [0.717, 1.165) is 48.8 Å². The summed E-state index contributed by atoms with van der Waals surface area (Å²) in [5.41, 5.74) is 2.15. The van der Waals surface area contributed by atoms with Gasteiger partial charge >= 0.3 is 0 Å². The minimum absolute atomic E-state index is 0.0657. The largest absolute Gasteiger partial charge is 0.352 e. The van der Waals surface area contributed by atoms with Gasteiger partial charge in [0.1, 0.15) is 5.56 Å². The molecule has 1 aromatic rings. The molecule has 3 aliphatic rings. The van der Waals surface area contributed by atoms with Gasteiger partial charge in [-0.15, -0.1) is 11.7 Å². The first kappa shape index (κ1) is 20.4. The Kier molecular flexibility index (Phi) is 6.03. The van der Waals surface area contributed by atoms with Gasteiger partial charge in [0.15, 0.2) is 11.0 Å². The molecular weight excluding hydrogens is 398 g/mol. The summed E-state index contributed by atoms with van der Waals surface area (Å²) in [7, 11) is 0. The van der Waals surface area contributed by atoms with Crippen molar-refractivity contribution in [1.82, 2.24) is 24.6 Å². The molecule has 3 heterocycles. The molecule has 0 saturated heterocycles. The van der Waals surface area contributed by atoms with Crippen molar-refractivity contribution < 1.29 is 4.79 Å². The highest BCUT2D eigenvalue weighted by molar-refractivity contribution is 8.00. The zero-order valence-electron chi connectivity index (χ0n) is 17.0. The van der Waals surface area contributed by atoms with Crippen molar-refractivity contribution in [2.24, 2.45) is 0 Å². The van der Waals surface area contributed by atoms with Crippen LogP contribution in [0.15, 0.2) is 52.9 Å². The maximum Gasteiger partial charge on any atom is 0.284 e. The van der Waals surface area contributed by atoms with E-state index in [9.17, 15) is 9.59 Å². The average molecular weight is 424 g/mol. The molecule has 0 saturated carbocycles. The third-order valence-corrected chi connectivity index (χ3v) is 6.33. The van der Waals surface area contributed by atoms with Crippen LogP contribution in [-0.4, -0.2) is 37.0 Å². The van der Waals surface area contributed by atoms with Crippen LogP contribution in [0.2, 0.25) is 0 Å². The Hall–Kier alpha value is -2.87. The monoisotopic (exact) mass is 423 g/mol. The quantitative estimate of drug-likeness (QED) is 0.374. The Labute approximate surface area is 179 Å². The fourth-order valence-corrected chi connectivity index (χ4v) is 4.69. The maximum atomic E-state index is 13.2. The highest BCUT2D eigenvalue weighted by atomic mass is 32.2. The fourth-order valence-electron chi connectivity index (χ4n) is 3.72. The molecule has 0 aromatic heterocycles. The molecule has 8 heteroatoms. The lowest BCUT2D eigenvalue weighted by molar-refractivity contribution is -0.120. The van der Waals surface area contributed by atoms with Crippen LogP contribution in [0.5, 0.6) is 0 Å². The zero-order valence-corrected chi connectivity index (χ0v) is 17.8. The molecule has 0 fully saturated rings. The first-order chi connectivity index (χ1) is 14.6. The van der Waals surface area contributed by atoms with E-state index in [-0.39, 0.29) is 16.7 Å². The number of hydrogen-bond acceptors (Lipinski definition) is 5. The number of thioether (sulfide) groups is 1. The first-order valence-corrected chi connectivity index (χ1v) is 11.1. The molecule has 7 nitrogen and oxygen atoms in total. The molecular formula is C22H25N5O2S. The number of amides is 1. The lowest BCUT2D eigenvalue weighted by Crippen LogP contribution is -2.31. The predicted octanol–water partition coefficient (Wildman–Crippen LogP) is 3.04. The van der Waals surface area contributed by atoms with Crippen LogP contribution in [0, 0.1) is 0 Å². The van der Waals surface area contributed by atoms with Gasteiger partial charge in [-0.25, -0.2) is 4.98 Å². The van der Waals surface area contributed by atoms with E-state index < -0.39 is 0 Å². The van der Waals surface area contributed by atoms with Crippen molar-refractivity contribution in [1.29, 1.82) is 0 Å². The number of fused-ring (bicyclic) bond motifs is 3. The van der Waals surface area contributed by atoms with Gasteiger partial charge in [-0.1, -0.05) is 42.5 Å². The third kappa shape index (κ3) is 3.92. The summed E-state index contributed by atoms with van der Waals surface area (Å²) in [6.07, 6.45) is 5.61. The molecule has 0 aliphatic carbocycles. The van der Waals surface area contributed by atoms with E-state index in [2.05, 4.69) is 21.6 Å². The van der Waals surface area contributed by atoms with Crippen LogP contribution in [0.1, 0.15) is 31.9 Å². The standard InChI is InChI=1S/C22H25N5O2S/c1-3-13-23-20(28)15(2)30-22-24-19-18(17-12-8-5-9-14-26(17)22)21(29)27(25-19)16-10-6-4-7-11-16/h3-4,6-7,10-11,15H,1,5,8-9,12-14H2,2H3,(H,23,28). The summed E-state index contributed by atoms with van der Waals surface area (Å²) < 4.78 is 3.55. The third-order valence-electron chi connectivity index (χ3n) is 5.24. The van der Waals surface area contributed by atoms with Crippen LogP contribution < -0.4 is 10.9 Å². The number of carbonyl (C=O) groups is 1. The predicted molar refractivity (Wildman–Crippen MR) is 118 cm³/mol. The Morgan fingerprint density at radius 3 is 2.87 bits per heavy atom. The van der Waals surface area contributed by atoms with Gasteiger partial charge in [0.25, 0.3) is 5.56 Å². The molecule has 1 atom stereocenters. The van der Waals surface area contributed by atoms with E-state index in [4.69, 9.17) is 4.98 Å². The summed E-state index contributed by atoms with van der Waals surface area (Å²) in [6, 6.07) is 9.40. The number of nitrogens with one attached hydrogen (secondary N) is 1. The molecule has 0 bridgehead atoms. The summed E-state index contributed by atoms with van der Waals surface area (Å²) >= 11 is 1.41. The highest BCUT2D eigenvalue weighted by Gasteiger charge is 2.28. The molecule has 4 rings (SSSR count). The van der Waals surface area contributed by atoms with Gasteiger partial charge in [0.05, 0.1) is 10.9 Å². The van der Waals surface area contributed by atoms with Gasteiger partial charge in [-0.2, -0.15) is 4.68 Å². The fraction of sp³-hybridized carbons (Fsp3) is 0.364. The first-order valence-electron chi connectivity index (χ1n) is 10.2. The van der Waals surface area contributed by atoms with Crippen molar-refractivity contribution in [2.75, 3.05) is 6.54 Å². The maximum absolute atomic E-state index is 13.2. The number of para-hydroxylation sites is 1. The summed E-state index contributed by atoms with van der Waals surface area (Å²) in [5.74, 6) is 0.377. The summed E-state index contributed by atoms with van der Waals surface area (Å²) in [4.78, 5) is 30.3. The van der Waals surface area contributed by atoms with E-state index in [1.807, 2.05) is 37.3 Å². The Bertz CT molecular complexity index is 1090. The summed E-state index contributed by atoms with van der Waals surface area (Å²) in [5, 5.41) is 7.78. The van der Waals surface area contributed by atoms with Crippen molar-refractivity contribution >= 4 is 17.7 Å².